The van der Waals surface area contributed by atoms with E-state index in [0.717, 1.165) is 30.0 Å². The number of aryl methyl sites for hydroxylation is 2. The fourth-order valence-electron chi connectivity index (χ4n) is 3.32. The minimum atomic E-state index is -0.601. The molecule has 35 heavy (non-hydrogen) atoms. The molecule has 0 fully saturated rings. The van der Waals surface area contributed by atoms with Crippen molar-refractivity contribution in [1.82, 2.24) is 14.8 Å². The van der Waals surface area contributed by atoms with Gasteiger partial charge in [-0.2, -0.15) is 0 Å². The van der Waals surface area contributed by atoms with E-state index in [1.54, 1.807) is 20.8 Å². The van der Waals surface area contributed by atoms with Crippen LogP contribution in [0.15, 0.2) is 35.5 Å². The summed E-state index contributed by atoms with van der Waals surface area (Å²) in [7, 11) is 1.87. The molecule has 0 saturated heterocycles. The minimum Gasteiger partial charge on any atom is -0.462 e. The number of hydrogen-bond donors (Lipinski definition) is 1. The van der Waals surface area contributed by atoms with Crippen LogP contribution in [-0.4, -0.2) is 51.6 Å². The van der Waals surface area contributed by atoms with Gasteiger partial charge >= 0.3 is 11.9 Å². The van der Waals surface area contributed by atoms with Gasteiger partial charge in [0.05, 0.1) is 24.5 Å². The maximum Gasteiger partial charge on any atom is 0.348 e. The van der Waals surface area contributed by atoms with Crippen LogP contribution >= 0.6 is 23.1 Å². The molecule has 9 nitrogen and oxygen atoms in total. The van der Waals surface area contributed by atoms with Crippen molar-refractivity contribution >= 4 is 45.9 Å². The number of rotatable bonds is 11. The third-order valence-electron chi connectivity index (χ3n) is 5.08. The van der Waals surface area contributed by atoms with Gasteiger partial charge in [0, 0.05) is 13.5 Å². The van der Waals surface area contributed by atoms with Crippen molar-refractivity contribution in [2.45, 2.75) is 38.8 Å². The van der Waals surface area contributed by atoms with Crippen molar-refractivity contribution in [3.05, 3.63) is 57.7 Å². The van der Waals surface area contributed by atoms with E-state index in [-0.39, 0.29) is 40.3 Å². The van der Waals surface area contributed by atoms with Gasteiger partial charge in [-0.3, -0.25) is 4.79 Å². The molecule has 0 unspecified atom stereocenters. The molecule has 1 N–H and O–H groups in total. The summed E-state index contributed by atoms with van der Waals surface area (Å²) in [6, 6.07) is 10.1. The molecule has 1 amide bonds. The van der Waals surface area contributed by atoms with Crippen LogP contribution in [0.5, 0.6) is 0 Å². The fraction of sp³-hybridized carbons (Fsp3) is 0.375. The molecular formula is C24H28N4O5S2. The number of anilines is 1. The number of benzene rings is 1. The van der Waals surface area contributed by atoms with Crippen LogP contribution < -0.4 is 5.32 Å². The molecule has 11 heteroatoms. The lowest BCUT2D eigenvalue weighted by Crippen LogP contribution is -2.16. The third kappa shape index (κ3) is 6.70. The normalized spacial score (nSPS) is 10.7. The Kier molecular flexibility index (Phi) is 9.44. The van der Waals surface area contributed by atoms with Gasteiger partial charge in [0.25, 0.3) is 0 Å². The molecule has 0 atom stereocenters. The predicted molar refractivity (Wildman–Crippen MR) is 135 cm³/mol. The van der Waals surface area contributed by atoms with Crippen LogP contribution in [0.1, 0.15) is 50.8 Å². The lowest BCUT2D eigenvalue weighted by molar-refractivity contribution is -0.113. The molecular weight excluding hydrogens is 488 g/mol. The van der Waals surface area contributed by atoms with Gasteiger partial charge in [-0.05, 0) is 38.3 Å². The zero-order valence-electron chi connectivity index (χ0n) is 20.1. The van der Waals surface area contributed by atoms with Crippen LogP contribution in [0.4, 0.5) is 5.00 Å². The van der Waals surface area contributed by atoms with Crippen molar-refractivity contribution in [2.75, 3.05) is 24.3 Å². The highest BCUT2D eigenvalue weighted by atomic mass is 32.2. The molecule has 0 spiro atoms. The van der Waals surface area contributed by atoms with Crippen molar-refractivity contribution in [2.24, 2.45) is 7.05 Å². The molecule has 0 aliphatic rings. The van der Waals surface area contributed by atoms with Gasteiger partial charge in [-0.1, -0.05) is 42.1 Å². The average Bonchev–Trinajstić information content (AvgIpc) is 3.36. The average molecular weight is 517 g/mol. The maximum atomic E-state index is 12.7. The first-order chi connectivity index (χ1) is 16.8. The second-order valence-electron chi connectivity index (χ2n) is 7.48. The summed E-state index contributed by atoms with van der Waals surface area (Å²) >= 11 is 2.24. The van der Waals surface area contributed by atoms with Crippen LogP contribution in [0.2, 0.25) is 0 Å². The van der Waals surface area contributed by atoms with Gasteiger partial charge in [-0.15, -0.1) is 21.5 Å². The number of amides is 1. The number of nitrogens with zero attached hydrogens (tertiary/aromatic N) is 3. The summed E-state index contributed by atoms with van der Waals surface area (Å²) in [5.74, 6) is -0.604. The highest BCUT2D eigenvalue weighted by molar-refractivity contribution is 7.99. The lowest BCUT2D eigenvalue weighted by Gasteiger charge is -2.07. The van der Waals surface area contributed by atoms with Crippen molar-refractivity contribution in [3.63, 3.8) is 0 Å². The number of carbonyl (C=O) groups excluding carboxylic acids is 3. The first-order valence-corrected chi connectivity index (χ1v) is 13.0. The Morgan fingerprint density at radius 2 is 1.71 bits per heavy atom. The highest BCUT2D eigenvalue weighted by Crippen LogP contribution is 2.34. The summed E-state index contributed by atoms with van der Waals surface area (Å²) in [5, 5.41) is 12.1. The summed E-state index contributed by atoms with van der Waals surface area (Å²) in [6.45, 7) is 5.40. The Morgan fingerprint density at radius 3 is 2.40 bits per heavy atom. The van der Waals surface area contributed by atoms with E-state index in [1.807, 2.05) is 29.8 Å². The van der Waals surface area contributed by atoms with Gasteiger partial charge in [0.1, 0.15) is 15.7 Å². The smallest absolute Gasteiger partial charge is 0.348 e. The second kappa shape index (κ2) is 12.5. The summed E-state index contributed by atoms with van der Waals surface area (Å²) in [6.07, 6.45) is 1.57. The Hall–Kier alpha value is -3.18. The van der Waals surface area contributed by atoms with Crippen LogP contribution in [0.3, 0.4) is 0 Å². The molecule has 3 rings (SSSR count). The second-order valence-corrected chi connectivity index (χ2v) is 9.44. The standard InChI is InChI=1S/C24H28N4O5S2/c1-5-32-22(30)19-15(3)20(23(31)33-6-2)35-21(19)25-18(29)14-34-24-27-26-17(28(24)4)13-12-16-10-8-7-9-11-16/h7-11H,5-6,12-14H2,1-4H3,(H,25,29). The SMILES string of the molecule is CCOC(=O)c1sc(NC(=O)CSc2nnc(CCc3ccccc3)n2C)c(C(=O)OCC)c1C. The number of aromatic nitrogens is 3. The van der Waals surface area contributed by atoms with Crippen LogP contribution in [-0.2, 0) is 34.2 Å². The first kappa shape index (κ1) is 26.4. The molecule has 1 aromatic carbocycles. The first-order valence-electron chi connectivity index (χ1n) is 11.2. The molecule has 0 aliphatic heterocycles. The Labute approximate surface area is 212 Å². The summed E-state index contributed by atoms with van der Waals surface area (Å²) in [4.78, 5) is 37.8. The van der Waals surface area contributed by atoms with Gasteiger partial charge in [0.2, 0.25) is 5.91 Å². The number of hydrogen-bond acceptors (Lipinski definition) is 9. The maximum absolute atomic E-state index is 12.7. The van der Waals surface area contributed by atoms with E-state index >= 15 is 0 Å². The lowest BCUT2D eigenvalue weighted by atomic mass is 10.1. The molecule has 0 bridgehead atoms. The van der Waals surface area contributed by atoms with Crippen LogP contribution in [0, 0.1) is 6.92 Å². The molecule has 186 valence electrons. The molecule has 0 saturated carbocycles. The Balaban J connectivity index is 1.66. The van der Waals surface area contributed by atoms with E-state index in [2.05, 4.69) is 27.6 Å². The number of esters is 2. The minimum absolute atomic E-state index is 0.0542. The molecule has 0 aliphatic carbocycles. The van der Waals surface area contributed by atoms with Gasteiger partial charge in [-0.25, -0.2) is 9.59 Å². The van der Waals surface area contributed by atoms with Gasteiger partial charge in [0.15, 0.2) is 5.16 Å². The van der Waals surface area contributed by atoms with E-state index in [0.29, 0.717) is 10.7 Å². The van der Waals surface area contributed by atoms with E-state index in [9.17, 15) is 14.4 Å². The summed E-state index contributed by atoms with van der Waals surface area (Å²) in [5.41, 5.74) is 1.81. The third-order valence-corrected chi connectivity index (χ3v) is 7.29. The Bertz CT molecular complexity index is 1190. The molecule has 3 aromatic rings. The number of ether oxygens (including phenoxy) is 2. The number of thiophene rings is 1. The topological polar surface area (TPSA) is 112 Å². The largest absolute Gasteiger partial charge is 0.462 e. The number of nitrogens with one attached hydrogen (secondary N) is 1. The van der Waals surface area contributed by atoms with E-state index < -0.39 is 11.9 Å². The van der Waals surface area contributed by atoms with Crippen molar-refractivity contribution < 1.29 is 23.9 Å². The zero-order valence-corrected chi connectivity index (χ0v) is 21.8. The number of carbonyl (C=O) groups is 3. The van der Waals surface area contributed by atoms with E-state index in [4.69, 9.17) is 9.47 Å². The highest BCUT2D eigenvalue weighted by Gasteiger charge is 2.27. The quantitative estimate of drug-likeness (QED) is 0.300. The predicted octanol–water partition coefficient (Wildman–Crippen LogP) is 4.05. The Morgan fingerprint density at radius 1 is 1.03 bits per heavy atom. The summed E-state index contributed by atoms with van der Waals surface area (Å²) < 4.78 is 12.1. The van der Waals surface area contributed by atoms with Crippen molar-refractivity contribution in [3.8, 4) is 0 Å². The fourth-order valence-corrected chi connectivity index (χ4v) is 5.16. The molecule has 2 aromatic heterocycles. The molecule has 0 radical (unpaired) electrons. The zero-order chi connectivity index (χ0) is 25.4. The monoisotopic (exact) mass is 516 g/mol. The molecule has 2 heterocycles. The van der Waals surface area contributed by atoms with Crippen LogP contribution in [0.25, 0.3) is 0 Å². The van der Waals surface area contributed by atoms with E-state index in [1.165, 1.54) is 17.3 Å². The number of thioether (sulfide) groups is 1. The van der Waals surface area contributed by atoms with Gasteiger partial charge < -0.3 is 19.4 Å². The van der Waals surface area contributed by atoms with Crippen molar-refractivity contribution in [1.29, 1.82) is 0 Å².